The van der Waals surface area contributed by atoms with E-state index in [4.69, 9.17) is 0 Å². The third-order valence-corrected chi connectivity index (χ3v) is 5.05. The summed E-state index contributed by atoms with van der Waals surface area (Å²) in [5, 5.41) is 12.9. The zero-order valence-electron chi connectivity index (χ0n) is 10.3. The lowest BCUT2D eigenvalue weighted by molar-refractivity contribution is -0.136. The van der Waals surface area contributed by atoms with Crippen molar-refractivity contribution in [3.05, 3.63) is 0 Å². The van der Waals surface area contributed by atoms with Gasteiger partial charge >= 0.3 is 0 Å². The Kier molecular flexibility index (Phi) is 2.87. The summed E-state index contributed by atoms with van der Waals surface area (Å²) in [6.45, 7) is 3.61. The van der Waals surface area contributed by atoms with Gasteiger partial charge in [0.1, 0.15) is 0 Å². The normalized spacial score (nSPS) is 37.7. The number of likely N-dealkylation sites (tertiary alicyclic amines) is 1. The molecule has 4 nitrogen and oxygen atoms in total. The molecule has 0 unspecified atom stereocenters. The number of carbonyl (C=O) groups excluding carboxylic acids is 1. The Balaban J connectivity index is 1.71. The molecule has 0 aromatic carbocycles. The summed E-state index contributed by atoms with van der Waals surface area (Å²) in [6.07, 6.45) is 4.76. The lowest BCUT2D eigenvalue weighted by Crippen LogP contribution is -2.52. The van der Waals surface area contributed by atoms with Crippen molar-refractivity contribution in [2.24, 2.45) is 17.3 Å². The fourth-order valence-electron chi connectivity index (χ4n) is 3.73. The SMILES string of the molecule is O=C(C1CNC1)N1C[C@H]2CCCC[C@@]2(CO)C1. The minimum atomic E-state index is 0.0328. The summed E-state index contributed by atoms with van der Waals surface area (Å²) >= 11 is 0. The molecule has 0 bridgehead atoms. The van der Waals surface area contributed by atoms with Crippen LogP contribution in [-0.2, 0) is 4.79 Å². The van der Waals surface area contributed by atoms with E-state index in [2.05, 4.69) is 5.32 Å². The first-order chi connectivity index (χ1) is 8.25. The van der Waals surface area contributed by atoms with Gasteiger partial charge in [0.25, 0.3) is 0 Å². The van der Waals surface area contributed by atoms with Crippen LogP contribution in [0.3, 0.4) is 0 Å². The van der Waals surface area contributed by atoms with Crippen molar-refractivity contribution in [3.8, 4) is 0 Å². The second-order valence-electron chi connectivity index (χ2n) is 6.04. The molecular weight excluding hydrogens is 216 g/mol. The van der Waals surface area contributed by atoms with Gasteiger partial charge in [0.05, 0.1) is 12.5 Å². The lowest BCUT2D eigenvalue weighted by atomic mass is 9.69. The largest absolute Gasteiger partial charge is 0.396 e. The Hall–Kier alpha value is -0.610. The highest BCUT2D eigenvalue weighted by Gasteiger charge is 2.49. The van der Waals surface area contributed by atoms with E-state index in [-0.39, 0.29) is 17.9 Å². The maximum Gasteiger partial charge on any atom is 0.228 e. The second-order valence-corrected chi connectivity index (χ2v) is 6.04. The molecule has 2 aliphatic heterocycles. The van der Waals surface area contributed by atoms with Crippen LogP contribution in [0.2, 0.25) is 0 Å². The van der Waals surface area contributed by atoms with Gasteiger partial charge in [-0.05, 0) is 18.8 Å². The van der Waals surface area contributed by atoms with Gasteiger partial charge in [-0.2, -0.15) is 0 Å². The van der Waals surface area contributed by atoms with Crippen molar-refractivity contribution in [2.45, 2.75) is 25.7 Å². The first kappa shape index (κ1) is 11.5. The Morgan fingerprint density at radius 3 is 2.82 bits per heavy atom. The standard InChI is InChI=1S/C13H22N2O2/c16-9-13-4-2-1-3-11(13)7-15(8-13)12(17)10-5-14-6-10/h10-11,14,16H,1-9H2/t11-,13+/m1/s1. The summed E-state index contributed by atoms with van der Waals surface area (Å²) in [5.74, 6) is 1.05. The molecule has 17 heavy (non-hydrogen) atoms. The molecule has 1 amide bonds. The maximum atomic E-state index is 12.2. The molecular formula is C13H22N2O2. The van der Waals surface area contributed by atoms with Gasteiger partial charge in [-0.25, -0.2) is 0 Å². The highest BCUT2D eigenvalue weighted by molar-refractivity contribution is 5.80. The van der Waals surface area contributed by atoms with E-state index in [1.165, 1.54) is 19.3 Å². The van der Waals surface area contributed by atoms with Crippen molar-refractivity contribution < 1.29 is 9.90 Å². The van der Waals surface area contributed by atoms with E-state index < -0.39 is 0 Å². The van der Waals surface area contributed by atoms with Crippen LogP contribution in [0.4, 0.5) is 0 Å². The van der Waals surface area contributed by atoms with Crippen LogP contribution in [0.25, 0.3) is 0 Å². The van der Waals surface area contributed by atoms with Crippen LogP contribution in [0.15, 0.2) is 0 Å². The molecule has 2 N–H and O–H groups in total. The molecule has 1 saturated carbocycles. The van der Waals surface area contributed by atoms with Gasteiger partial charge in [0.2, 0.25) is 5.91 Å². The van der Waals surface area contributed by atoms with Crippen molar-refractivity contribution in [1.82, 2.24) is 10.2 Å². The minimum Gasteiger partial charge on any atom is -0.396 e. The number of amides is 1. The van der Waals surface area contributed by atoms with Gasteiger partial charge < -0.3 is 15.3 Å². The summed E-state index contributed by atoms with van der Waals surface area (Å²) in [7, 11) is 0. The number of nitrogens with one attached hydrogen (secondary N) is 1. The number of fused-ring (bicyclic) bond motifs is 1. The van der Waals surface area contributed by atoms with Gasteiger partial charge in [0, 0.05) is 31.6 Å². The first-order valence-electron chi connectivity index (χ1n) is 6.85. The topological polar surface area (TPSA) is 52.6 Å². The molecule has 3 aliphatic rings. The molecule has 3 rings (SSSR count). The zero-order valence-corrected chi connectivity index (χ0v) is 10.3. The molecule has 2 saturated heterocycles. The van der Waals surface area contributed by atoms with Crippen LogP contribution >= 0.6 is 0 Å². The summed E-state index contributed by atoms with van der Waals surface area (Å²) in [6, 6.07) is 0. The number of hydrogen-bond acceptors (Lipinski definition) is 3. The Labute approximate surface area is 102 Å². The predicted octanol–water partition coefficient (Wildman–Crippen LogP) is 0.217. The average Bonchev–Trinajstić information content (AvgIpc) is 2.66. The van der Waals surface area contributed by atoms with Gasteiger partial charge in [0.15, 0.2) is 0 Å². The smallest absolute Gasteiger partial charge is 0.228 e. The van der Waals surface area contributed by atoms with Gasteiger partial charge in [-0.3, -0.25) is 4.79 Å². The van der Waals surface area contributed by atoms with E-state index in [1.54, 1.807) is 0 Å². The molecule has 96 valence electrons. The van der Waals surface area contributed by atoms with Crippen LogP contribution in [-0.4, -0.2) is 48.7 Å². The van der Waals surface area contributed by atoms with E-state index in [0.717, 1.165) is 32.6 Å². The van der Waals surface area contributed by atoms with Crippen molar-refractivity contribution >= 4 is 5.91 Å². The van der Waals surface area contributed by atoms with Gasteiger partial charge in [-0.15, -0.1) is 0 Å². The van der Waals surface area contributed by atoms with Gasteiger partial charge in [-0.1, -0.05) is 12.8 Å². The molecule has 2 heterocycles. The quantitative estimate of drug-likeness (QED) is 0.723. The van der Waals surface area contributed by atoms with E-state index in [0.29, 0.717) is 11.8 Å². The van der Waals surface area contributed by atoms with Crippen molar-refractivity contribution in [1.29, 1.82) is 0 Å². The number of carbonyl (C=O) groups is 1. The monoisotopic (exact) mass is 238 g/mol. The predicted molar refractivity (Wildman–Crippen MR) is 64.4 cm³/mol. The second kappa shape index (κ2) is 4.25. The number of nitrogens with zero attached hydrogens (tertiary/aromatic N) is 1. The third-order valence-electron chi connectivity index (χ3n) is 5.05. The van der Waals surface area contributed by atoms with Crippen molar-refractivity contribution in [2.75, 3.05) is 32.8 Å². The summed E-state index contributed by atoms with van der Waals surface area (Å²) in [5.41, 5.74) is 0.0328. The zero-order chi connectivity index (χ0) is 11.9. The Bertz CT molecular complexity index is 317. The molecule has 0 spiro atoms. The minimum absolute atomic E-state index is 0.0328. The summed E-state index contributed by atoms with van der Waals surface area (Å²) < 4.78 is 0. The molecule has 0 aromatic rings. The lowest BCUT2D eigenvalue weighted by Gasteiger charge is -2.36. The highest BCUT2D eigenvalue weighted by Crippen LogP contribution is 2.46. The Morgan fingerprint density at radius 1 is 1.41 bits per heavy atom. The van der Waals surface area contributed by atoms with Crippen LogP contribution in [0.1, 0.15) is 25.7 Å². The number of aliphatic hydroxyl groups excluding tert-OH is 1. The van der Waals surface area contributed by atoms with E-state index in [1.807, 2.05) is 4.90 Å². The van der Waals surface area contributed by atoms with Crippen LogP contribution < -0.4 is 5.32 Å². The molecule has 3 fully saturated rings. The maximum absolute atomic E-state index is 12.2. The van der Waals surface area contributed by atoms with Crippen LogP contribution in [0.5, 0.6) is 0 Å². The molecule has 2 atom stereocenters. The molecule has 0 aromatic heterocycles. The number of aliphatic hydroxyl groups is 1. The van der Waals surface area contributed by atoms with Crippen molar-refractivity contribution in [3.63, 3.8) is 0 Å². The fourth-order valence-corrected chi connectivity index (χ4v) is 3.73. The van der Waals surface area contributed by atoms with E-state index in [9.17, 15) is 9.90 Å². The first-order valence-corrected chi connectivity index (χ1v) is 6.85. The van der Waals surface area contributed by atoms with Crippen LogP contribution in [0, 0.1) is 17.3 Å². The molecule has 4 heteroatoms. The number of rotatable bonds is 2. The fraction of sp³-hybridized carbons (Fsp3) is 0.923. The number of hydrogen-bond donors (Lipinski definition) is 2. The molecule has 1 aliphatic carbocycles. The highest BCUT2D eigenvalue weighted by atomic mass is 16.3. The van der Waals surface area contributed by atoms with E-state index >= 15 is 0 Å². The molecule has 0 radical (unpaired) electrons. The third kappa shape index (κ3) is 1.78. The summed E-state index contributed by atoms with van der Waals surface area (Å²) in [4.78, 5) is 14.3. The average molecular weight is 238 g/mol. The Morgan fingerprint density at radius 2 is 2.24 bits per heavy atom.